The molecule has 2 aliphatic rings. The van der Waals surface area contributed by atoms with Crippen molar-refractivity contribution in [3.05, 3.63) is 65.3 Å². The molecular formula is C17H14O4. The minimum absolute atomic E-state index is 0.0980. The Labute approximate surface area is 122 Å². The van der Waals surface area contributed by atoms with Gasteiger partial charge in [-0.25, -0.2) is 0 Å². The minimum Gasteiger partial charge on any atom is -0.481 e. The van der Waals surface area contributed by atoms with E-state index in [1.165, 1.54) is 7.11 Å². The van der Waals surface area contributed by atoms with Gasteiger partial charge in [0, 0.05) is 5.57 Å². The molecule has 0 radical (unpaired) electrons. The van der Waals surface area contributed by atoms with E-state index in [0.717, 1.165) is 5.56 Å². The molecule has 0 fully saturated rings. The monoisotopic (exact) mass is 282 g/mol. The van der Waals surface area contributed by atoms with Crippen LogP contribution in [0, 0.1) is 0 Å². The van der Waals surface area contributed by atoms with Crippen molar-refractivity contribution < 1.29 is 19.1 Å². The molecule has 0 spiro atoms. The lowest BCUT2D eigenvalue weighted by Crippen LogP contribution is -2.10. The van der Waals surface area contributed by atoms with Gasteiger partial charge in [0.15, 0.2) is 5.78 Å². The van der Waals surface area contributed by atoms with Crippen LogP contribution < -0.4 is 4.74 Å². The van der Waals surface area contributed by atoms with E-state index in [-0.39, 0.29) is 24.3 Å². The van der Waals surface area contributed by atoms with E-state index in [4.69, 9.17) is 4.74 Å². The van der Waals surface area contributed by atoms with E-state index >= 15 is 0 Å². The van der Waals surface area contributed by atoms with E-state index in [9.17, 15) is 9.59 Å². The first-order chi connectivity index (χ1) is 10.2. The number of ketones is 1. The number of esters is 1. The van der Waals surface area contributed by atoms with Crippen molar-refractivity contribution in [1.82, 2.24) is 0 Å². The number of rotatable bonds is 2. The summed E-state index contributed by atoms with van der Waals surface area (Å²) in [4.78, 5) is 23.9. The van der Waals surface area contributed by atoms with Crippen LogP contribution in [0.15, 0.2) is 54.2 Å². The van der Waals surface area contributed by atoms with Gasteiger partial charge in [-0.15, -0.1) is 0 Å². The van der Waals surface area contributed by atoms with Crippen LogP contribution in [-0.2, 0) is 16.0 Å². The highest BCUT2D eigenvalue weighted by atomic mass is 16.5. The van der Waals surface area contributed by atoms with Crippen LogP contribution >= 0.6 is 0 Å². The molecule has 0 saturated heterocycles. The SMILES string of the molecule is COC(=O)Cc1ccc2c(c1)C(=O)C1=CC(C=CC=C1)O2. The topological polar surface area (TPSA) is 52.6 Å². The molecule has 1 aromatic rings. The number of fused-ring (bicyclic) bond motifs is 2. The molecule has 1 aromatic carbocycles. The third-order valence-corrected chi connectivity index (χ3v) is 3.42. The van der Waals surface area contributed by atoms with Crippen molar-refractivity contribution in [3.8, 4) is 5.75 Å². The number of carbonyl (C=O) groups excluding carboxylic acids is 2. The highest BCUT2D eigenvalue weighted by molar-refractivity contribution is 6.12. The van der Waals surface area contributed by atoms with E-state index in [0.29, 0.717) is 16.9 Å². The number of carbonyl (C=O) groups is 2. The summed E-state index contributed by atoms with van der Waals surface area (Å²) in [6.07, 6.45) is 9.00. The van der Waals surface area contributed by atoms with Crippen LogP contribution in [0.4, 0.5) is 0 Å². The summed E-state index contributed by atoms with van der Waals surface area (Å²) in [6, 6.07) is 5.20. The number of hydrogen-bond acceptors (Lipinski definition) is 4. The Morgan fingerprint density at radius 3 is 3.00 bits per heavy atom. The number of allylic oxidation sites excluding steroid dienone is 4. The summed E-state index contributed by atoms with van der Waals surface area (Å²) >= 11 is 0. The Hall–Kier alpha value is -2.62. The first kappa shape index (κ1) is 13.4. The second kappa shape index (κ2) is 5.40. The maximum absolute atomic E-state index is 12.6. The molecule has 0 amide bonds. The molecule has 0 saturated carbocycles. The smallest absolute Gasteiger partial charge is 0.309 e. The van der Waals surface area contributed by atoms with Crippen molar-refractivity contribution in [2.24, 2.45) is 0 Å². The van der Waals surface area contributed by atoms with E-state index in [1.807, 2.05) is 18.2 Å². The quantitative estimate of drug-likeness (QED) is 0.782. The van der Waals surface area contributed by atoms with E-state index in [2.05, 4.69) is 4.74 Å². The van der Waals surface area contributed by atoms with Crippen molar-refractivity contribution in [2.75, 3.05) is 7.11 Å². The van der Waals surface area contributed by atoms with E-state index < -0.39 is 0 Å². The normalized spacial score (nSPS) is 19.0. The number of Topliss-reactive ketones (excluding diaryl/α,β-unsaturated/α-hetero) is 1. The van der Waals surface area contributed by atoms with Crippen LogP contribution in [0.2, 0.25) is 0 Å². The maximum atomic E-state index is 12.6. The van der Waals surface area contributed by atoms with Crippen LogP contribution in [0.1, 0.15) is 15.9 Å². The summed E-state index contributed by atoms with van der Waals surface area (Å²) in [5, 5.41) is 0. The fourth-order valence-corrected chi connectivity index (χ4v) is 2.35. The number of ether oxygens (including phenoxy) is 2. The highest BCUT2D eigenvalue weighted by Crippen LogP contribution is 2.29. The summed E-state index contributed by atoms with van der Waals surface area (Å²) in [5.74, 6) is 0.0958. The van der Waals surface area contributed by atoms with Gasteiger partial charge >= 0.3 is 5.97 Å². The lowest BCUT2D eigenvalue weighted by Gasteiger charge is -2.13. The van der Waals surface area contributed by atoms with Crippen molar-refractivity contribution in [1.29, 1.82) is 0 Å². The zero-order valence-electron chi connectivity index (χ0n) is 11.5. The van der Waals surface area contributed by atoms with Gasteiger partial charge < -0.3 is 9.47 Å². The highest BCUT2D eigenvalue weighted by Gasteiger charge is 2.23. The zero-order valence-corrected chi connectivity index (χ0v) is 11.5. The average molecular weight is 282 g/mol. The molecule has 1 unspecified atom stereocenters. The van der Waals surface area contributed by atoms with Crippen LogP contribution in [0.5, 0.6) is 5.75 Å². The average Bonchev–Trinajstić information content (AvgIpc) is 2.79. The lowest BCUT2D eigenvalue weighted by molar-refractivity contribution is -0.139. The van der Waals surface area contributed by atoms with Gasteiger partial charge in [0.1, 0.15) is 11.9 Å². The molecule has 0 N–H and O–H groups in total. The fraction of sp³-hybridized carbons (Fsp3) is 0.176. The fourth-order valence-electron chi connectivity index (χ4n) is 2.35. The molecule has 4 heteroatoms. The van der Waals surface area contributed by atoms with Crippen molar-refractivity contribution in [3.63, 3.8) is 0 Å². The summed E-state index contributed by atoms with van der Waals surface area (Å²) in [5.41, 5.74) is 1.80. The Morgan fingerprint density at radius 2 is 2.19 bits per heavy atom. The summed E-state index contributed by atoms with van der Waals surface area (Å²) in [7, 11) is 1.34. The summed E-state index contributed by atoms with van der Waals surface area (Å²) < 4.78 is 10.5. The molecule has 0 aromatic heterocycles. The Bertz CT molecular complexity index is 695. The van der Waals surface area contributed by atoms with E-state index in [1.54, 1.807) is 30.4 Å². The number of benzene rings is 1. The molecule has 1 aliphatic carbocycles. The van der Waals surface area contributed by atoms with Gasteiger partial charge in [-0.1, -0.05) is 24.3 Å². The molecule has 4 nitrogen and oxygen atoms in total. The molecule has 1 aliphatic heterocycles. The standard InChI is InChI=1S/C17H14O4/c1-20-16(18)9-11-6-7-15-14(8-11)17(19)12-4-2-3-5-13(10-12)21-15/h2-8,10,13H,9H2,1H3. The van der Waals surface area contributed by atoms with Gasteiger partial charge in [-0.2, -0.15) is 0 Å². The zero-order chi connectivity index (χ0) is 14.8. The molecular weight excluding hydrogens is 268 g/mol. The Morgan fingerprint density at radius 1 is 1.33 bits per heavy atom. The van der Waals surface area contributed by atoms with Crippen molar-refractivity contribution in [2.45, 2.75) is 12.5 Å². The van der Waals surface area contributed by atoms with Gasteiger partial charge in [0.2, 0.25) is 0 Å². The largest absolute Gasteiger partial charge is 0.481 e. The molecule has 106 valence electrons. The third kappa shape index (κ3) is 2.65. The second-order valence-corrected chi connectivity index (χ2v) is 4.86. The molecule has 3 rings (SSSR count). The van der Waals surface area contributed by atoms with Gasteiger partial charge in [0.05, 0.1) is 19.1 Å². The first-order valence-electron chi connectivity index (χ1n) is 6.65. The van der Waals surface area contributed by atoms with Crippen LogP contribution in [0.3, 0.4) is 0 Å². The molecule has 1 heterocycles. The Balaban J connectivity index is 2.00. The Kier molecular flexibility index (Phi) is 3.44. The number of hydrogen-bond donors (Lipinski definition) is 0. The second-order valence-electron chi connectivity index (χ2n) is 4.86. The van der Waals surface area contributed by atoms with Crippen molar-refractivity contribution >= 4 is 11.8 Å². The summed E-state index contributed by atoms with van der Waals surface area (Å²) in [6.45, 7) is 0. The first-order valence-corrected chi connectivity index (χ1v) is 6.65. The molecule has 21 heavy (non-hydrogen) atoms. The van der Waals surface area contributed by atoms with Crippen LogP contribution in [0.25, 0.3) is 0 Å². The van der Waals surface area contributed by atoms with Gasteiger partial charge in [-0.05, 0) is 29.8 Å². The predicted octanol–water partition coefficient (Wildman–Crippen LogP) is 2.40. The van der Waals surface area contributed by atoms with Gasteiger partial charge in [0.25, 0.3) is 0 Å². The third-order valence-electron chi connectivity index (χ3n) is 3.42. The van der Waals surface area contributed by atoms with Gasteiger partial charge in [-0.3, -0.25) is 9.59 Å². The number of methoxy groups -OCH3 is 1. The van der Waals surface area contributed by atoms with Crippen LogP contribution in [-0.4, -0.2) is 25.0 Å². The lowest BCUT2D eigenvalue weighted by atomic mass is 9.99. The maximum Gasteiger partial charge on any atom is 0.309 e. The molecule has 1 atom stereocenters. The molecule has 2 bridgehead atoms. The predicted molar refractivity (Wildman–Crippen MR) is 77.3 cm³/mol. The minimum atomic E-state index is -0.338.